The molecule has 1 aromatic carbocycles. The normalized spacial score (nSPS) is 21.9. The van der Waals surface area contributed by atoms with Crippen molar-refractivity contribution in [2.45, 2.75) is 38.6 Å². The van der Waals surface area contributed by atoms with Gasteiger partial charge in [0.1, 0.15) is 17.6 Å². The fraction of sp³-hybridized carbons (Fsp3) is 0.346. The van der Waals surface area contributed by atoms with Gasteiger partial charge in [-0.2, -0.15) is 0 Å². The molecule has 2 aromatic heterocycles. The van der Waals surface area contributed by atoms with Gasteiger partial charge in [-0.1, -0.05) is 17.7 Å². The molecule has 186 valence electrons. The number of imide groups is 1. The molecule has 2 saturated heterocycles. The molecule has 0 aliphatic carbocycles. The number of alkyl halides is 1. The van der Waals surface area contributed by atoms with E-state index in [9.17, 15) is 14.0 Å². The fourth-order valence-electron chi connectivity index (χ4n) is 5.04. The molecule has 0 bridgehead atoms. The third kappa shape index (κ3) is 3.95. The van der Waals surface area contributed by atoms with Gasteiger partial charge in [0.2, 0.25) is 0 Å². The van der Waals surface area contributed by atoms with Crippen LogP contribution in [-0.4, -0.2) is 58.6 Å². The first-order valence-electron chi connectivity index (χ1n) is 11.9. The van der Waals surface area contributed by atoms with Crippen LogP contribution in [0.15, 0.2) is 42.2 Å². The SMILES string of the molecule is Cc1cc(Cl)cc(-c2ccnc3cc(CN4C(=O)C5=CCCCN5C4=O)sc23)c1O[C@@H]1CNC[C@@H]1F. The fourth-order valence-corrected chi connectivity index (χ4v) is 6.44. The van der Waals surface area contributed by atoms with Crippen LogP contribution in [-0.2, 0) is 11.3 Å². The second-order valence-electron chi connectivity index (χ2n) is 9.27. The summed E-state index contributed by atoms with van der Waals surface area (Å²) >= 11 is 7.91. The first-order chi connectivity index (χ1) is 17.4. The number of carbonyl (C=O) groups is 2. The Labute approximate surface area is 216 Å². The number of amides is 3. The van der Waals surface area contributed by atoms with Crippen LogP contribution in [0.2, 0.25) is 5.02 Å². The van der Waals surface area contributed by atoms with E-state index in [1.165, 1.54) is 16.2 Å². The number of carbonyl (C=O) groups excluding carboxylic acids is 2. The lowest BCUT2D eigenvalue weighted by molar-refractivity contribution is -0.123. The Hall–Kier alpha value is -3.01. The molecular formula is C26H24ClFN4O3S. The number of rotatable bonds is 5. The molecule has 3 aliphatic heterocycles. The minimum atomic E-state index is -1.09. The van der Waals surface area contributed by atoms with Gasteiger partial charge in [-0.15, -0.1) is 11.3 Å². The van der Waals surface area contributed by atoms with E-state index < -0.39 is 12.3 Å². The van der Waals surface area contributed by atoms with Crippen molar-refractivity contribution in [1.29, 1.82) is 0 Å². The zero-order valence-corrected chi connectivity index (χ0v) is 21.2. The highest BCUT2D eigenvalue weighted by Crippen LogP contribution is 2.42. The number of nitrogens with zero attached hydrogens (tertiary/aromatic N) is 3. The molecule has 2 fully saturated rings. The van der Waals surface area contributed by atoms with Gasteiger partial charge in [-0.25, -0.2) is 9.18 Å². The van der Waals surface area contributed by atoms with Gasteiger partial charge < -0.3 is 10.1 Å². The Morgan fingerprint density at radius 1 is 1.25 bits per heavy atom. The second-order valence-corrected chi connectivity index (χ2v) is 10.8. The minimum absolute atomic E-state index is 0.182. The summed E-state index contributed by atoms with van der Waals surface area (Å²) in [5, 5.41) is 3.58. The number of pyridine rings is 1. The molecular weight excluding hydrogens is 503 g/mol. The summed E-state index contributed by atoms with van der Waals surface area (Å²) in [5.41, 5.74) is 3.66. The zero-order chi connectivity index (χ0) is 25.0. The number of aromatic nitrogens is 1. The quantitative estimate of drug-likeness (QED) is 0.471. The van der Waals surface area contributed by atoms with Crippen molar-refractivity contribution in [3.05, 3.63) is 57.7 Å². The lowest BCUT2D eigenvalue weighted by Gasteiger charge is -2.20. The van der Waals surface area contributed by atoms with Crippen molar-refractivity contribution in [3.8, 4) is 16.9 Å². The highest BCUT2D eigenvalue weighted by atomic mass is 35.5. The van der Waals surface area contributed by atoms with Crippen molar-refractivity contribution in [2.24, 2.45) is 0 Å². The van der Waals surface area contributed by atoms with Gasteiger partial charge in [0.15, 0.2) is 6.17 Å². The predicted octanol–water partition coefficient (Wildman–Crippen LogP) is 5.06. The number of aryl methyl sites for hydroxylation is 1. The number of fused-ring (bicyclic) bond motifs is 2. The van der Waals surface area contributed by atoms with Crippen LogP contribution >= 0.6 is 22.9 Å². The molecule has 3 aliphatic rings. The van der Waals surface area contributed by atoms with Gasteiger partial charge in [0.05, 0.1) is 16.8 Å². The Balaban J connectivity index is 1.37. The molecule has 3 aromatic rings. The average molecular weight is 527 g/mol. The monoisotopic (exact) mass is 526 g/mol. The van der Waals surface area contributed by atoms with Crippen LogP contribution in [0, 0.1) is 6.92 Å². The summed E-state index contributed by atoms with van der Waals surface area (Å²) < 4.78 is 21.4. The number of allylic oxidation sites excluding steroid dienone is 1. The standard InChI is InChI=1S/C26H24ClFN4O3S/c1-14-8-15(27)9-18(23(14)35-22-12-29-11-19(22)28)17-5-6-30-20-10-16(36-24(17)20)13-32-25(33)21-4-2-3-7-31(21)26(32)34/h4-6,8-10,19,22,29H,2-3,7,11-13H2,1H3/t19-,22+/m0/s1. The van der Waals surface area contributed by atoms with E-state index in [1.54, 1.807) is 11.1 Å². The highest BCUT2D eigenvalue weighted by molar-refractivity contribution is 7.19. The smallest absolute Gasteiger partial charge is 0.331 e. The Kier molecular flexibility index (Phi) is 5.94. The van der Waals surface area contributed by atoms with Crippen molar-refractivity contribution in [2.75, 3.05) is 19.6 Å². The molecule has 0 spiro atoms. The first-order valence-corrected chi connectivity index (χ1v) is 13.1. The van der Waals surface area contributed by atoms with E-state index >= 15 is 0 Å². The molecule has 6 rings (SSSR count). The van der Waals surface area contributed by atoms with E-state index in [4.69, 9.17) is 16.3 Å². The zero-order valence-electron chi connectivity index (χ0n) is 19.6. The summed E-state index contributed by atoms with van der Waals surface area (Å²) in [6, 6.07) is 7.15. The Morgan fingerprint density at radius 2 is 2.11 bits per heavy atom. The number of nitrogens with one attached hydrogen (secondary N) is 1. The lowest BCUT2D eigenvalue weighted by atomic mass is 10.0. The maximum Gasteiger partial charge on any atom is 0.331 e. The largest absolute Gasteiger partial charge is 0.485 e. The van der Waals surface area contributed by atoms with Gasteiger partial charge in [0, 0.05) is 46.9 Å². The van der Waals surface area contributed by atoms with E-state index in [0.29, 0.717) is 29.6 Å². The van der Waals surface area contributed by atoms with Crippen molar-refractivity contribution in [3.63, 3.8) is 0 Å². The van der Waals surface area contributed by atoms with Crippen LogP contribution in [0.1, 0.15) is 23.3 Å². The number of halogens is 2. The summed E-state index contributed by atoms with van der Waals surface area (Å²) in [7, 11) is 0. The number of hydrogen-bond donors (Lipinski definition) is 1. The van der Waals surface area contributed by atoms with Gasteiger partial charge in [-0.3, -0.25) is 19.6 Å². The lowest BCUT2D eigenvalue weighted by Crippen LogP contribution is -2.33. The van der Waals surface area contributed by atoms with Gasteiger partial charge >= 0.3 is 6.03 Å². The number of hydrogen-bond acceptors (Lipinski definition) is 6. The van der Waals surface area contributed by atoms with Crippen molar-refractivity contribution < 1.29 is 18.7 Å². The van der Waals surface area contributed by atoms with E-state index in [1.807, 2.05) is 37.3 Å². The maximum atomic E-state index is 14.4. The predicted molar refractivity (Wildman–Crippen MR) is 137 cm³/mol. The van der Waals surface area contributed by atoms with Crippen LogP contribution < -0.4 is 10.1 Å². The Morgan fingerprint density at radius 3 is 2.89 bits per heavy atom. The number of ether oxygens (including phenoxy) is 1. The first kappa shape index (κ1) is 23.4. The minimum Gasteiger partial charge on any atom is -0.485 e. The summed E-state index contributed by atoms with van der Waals surface area (Å²) in [5.74, 6) is 0.337. The van der Waals surface area contributed by atoms with Crippen molar-refractivity contribution in [1.82, 2.24) is 20.1 Å². The van der Waals surface area contributed by atoms with Crippen LogP contribution in [0.3, 0.4) is 0 Å². The second kappa shape index (κ2) is 9.14. The van der Waals surface area contributed by atoms with E-state index in [0.717, 1.165) is 44.6 Å². The van der Waals surface area contributed by atoms with E-state index in [2.05, 4.69) is 10.3 Å². The van der Waals surface area contributed by atoms with E-state index in [-0.39, 0.29) is 25.0 Å². The molecule has 1 N–H and O–H groups in total. The molecule has 0 unspecified atom stereocenters. The van der Waals surface area contributed by atoms with Crippen molar-refractivity contribution >= 4 is 45.1 Å². The molecule has 7 nitrogen and oxygen atoms in total. The summed E-state index contributed by atoms with van der Waals surface area (Å²) in [4.78, 5) is 34.0. The average Bonchev–Trinajstić information content (AvgIpc) is 3.53. The van der Waals surface area contributed by atoms with Crippen LogP contribution in [0.5, 0.6) is 5.75 Å². The molecule has 10 heteroatoms. The van der Waals surface area contributed by atoms with Crippen LogP contribution in [0.4, 0.5) is 9.18 Å². The maximum absolute atomic E-state index is 14.4. The molecule has 3 amide bonds. The highest BCUT2D eigenvalue weighted by Gasteiger charge is 2.41. The van der Waals surface area contributed by atoms with Gasteiger partial charge in [-0.05, 0) is 49.6 Å². The van der Waals surface area contributed by atoms with Crippen LogP contribution in [0.25, 0.3) is 21.3 Å². The topological polar surface area (TPSA) is 74.8 Å². The van der Waals surface area contributed by atoms with Gasteiger partial charge in [0.25, 0.3) is 5.91 Å². The summed E-state index contributed by atoms with van der Waals surface area (Å²) in [6.45, 7) is 3.34. The number of thiophene rings is 1. The molecule has 36 heavy (non-hydrogen) atoms. The molecule has 5 heterocycles. The summed E-state index contributed by atoms with van der Waals surface area (Å²) in [6.07, 6.45) is 3.54. The number of urea groups is 1. The Bertz CT molecular complexity index is 1420. The molecule has 2 atom stereocenters. The number of benzene rings is 1. The molecule has 0 saturated carbocycles. The third-order valence-corrected chi connectivity index (χ3v) is 8.16. The third-order valence-electron chi connectivity index (χ3n) is 6.80. The molecule has 0 radical (unpaired) electrons.